The fourth-order valence-corrected chi connectivity index (χ4v) is 4.07. The van der Waals surface area contributed by atoms with Gasteiger partial charge in [0.25, 0.3) is 0 Å². The van der Waals surface area contributed by atoms with Crippen molar-refractivity contribution in [1.29, 1.82) is 0 Å². The first-order valence-electron chi connectivity index (χ1n) is 11.2. The summed E-state index contributed by atoms with van der Waals surface area (Å²) < 4.78 is 5.21. The Kier molecular flexibility index (Phi) is 5.30. The first-order chi connectivity index (χ1) is 17.7. The molecule has 0 fully saturated rings. The van der Waals surface area contributed by atoms with E-state index < -0.39 is 0 Å². The number of hydrogen-bond donors (Lipinski definition) is 3. The number of ketones is 1. The molecule has 0 aliphatic heterocycles. The van der Waals surface area contributed by atoms with E-state index >= 15 is 0 Å². The molecule has 2 aromatic carbocycles. The highest BCUT2D eigenvalue weighted by atomic mass is 16.5. The van der Waals surface area contributed by atoms with Gasteiger partial charge in [-0.3, -0.25) is 9.89 Å². The Hall–Kier alpha value is -5.12. The van der Waals surface area contributed by atoms with E-state index in [2.05, 4.69) is 40.7 Å². The highest BCUT2D eigenvalue weighted by molar-refractivity contribution is 6.01. The maximum absolute atomic E-state index is 12.9. The molecule has 10 heteroatoms. The lowest BCUT2D eigenvalue weighted by molar-refractivity contribution is 0.0988. The molecule has 0 saturated carbocycles. The van der Waals surface area contributed by atoms with Crippen molar-refractivity contribution in [2.75, 3.05) is 12.4 Å². The molecule has 3 N–H and O–H groups in total. The minimum atomic E-state index is -0.0731. The minimum absolute atomic E-state index is 0.0731. The number of aromatic nitrogens is 7. The monoisotopic (exact) mass is 476 g/mol. The molecule has 0 atom stereocenters. The number of methoxy groups -OCH3 is 1. The van der Waals surface area contributed by atoms with Gasteiger partial charge in [-0.2, -0.15) is 10.2 Å². The molecule has 0 saturated heterocycles. The number of carbonyl (C=O) groups is 1. The summed E-state index contributed by atoms with van der Waals surface area (Å²) in [6, 6.07) is 17.1. The van der Waals surface area contributed by atoms with Crippen LogP contribution in [-0.2, 0) is 6.42 Å². The number of H-pyrrole nitrogens is 2. The van der Waals surface area contributed by atoms with Crippen LogP contribution < -0.4 is 10.1 Å². The molecule has 0 unspecified atom stereocenters. The predicted molar refractivity (Wildman–Crippen MR) is 135 cm³/mol. The third kappa shape index (κ3) is 4.11. The Morgan fingerprint density at radius 3 is 2.86 bits per heavy atom. The standard InChI is InChI=1S/C26H20N8O2/c1-36-26-17(6-9-28-34-26)13-23(35)22-11-15-2-3-16(12-21(15)31-22)25-27-8-7-24(32-25)30-19-4-5-20-18(10-19)14-29-33-20/h2-12,14,31H,13H2,1H3,(H,29,33)(H,27,30,32). The zero-order valence-electron chi connectivity index (χ0n) is 19.2. The number of carbonyl (C=O) groups excluding carboxylic acids is 1. The molecule has 0 bridgehead atoms. The summed E-state index contributed by atoms with van der Waals surface area (Å²) in [5.74, 6) is 1.52. The molecule has 0 amide bonds. The van der Waals surface area contributed by atoms with E-state index in [-0.39, 0.29) is 12.2 Å². The van der Waals surface area contributed by atoms with Gasteiger partial charge in [0.15, 0.2) is 11.6 Å². The van der Waals surface area contributed by atoms with Crippen molar-refractivity contribution in [1.82, 2.24) is 35.3 Å². The van der Waals surface area contributed by atoms with Crippen LogP contribution in [0.25, 0.3) is 33.2 Å². The molecule has 36 heavy (non-hydrogen) atoms. The number of rotatable bonds is 7. The largest absolute Gasteiger partial charge is 0.480 e. The van der Waals surface area contributed by atoms with E-state index in [1.54, 1.807) is 24.7 Å². The van der Waals surface area contributed by atoms with Gasteiger partial charge in [0, 0.05) is 45.7 Å². The van der Waals surface area contributed by atoms with Gasteiger partial charge >= 0.3 is 0 Å². The van der Waals surface area contributed by atoms with Crippen molar-refractivity contribution >= 4 is 39.1 Å². The molecule has 0 spiro atoms. The Morgan fingerprint density at radius 2 is 1.94 bits per heavy atom. The van der Waals surface area contributed by atoms with Crippen molar-refractivity contribution in [3.8, 4) is 17.3 Å². The van der Waals surface area contributed by atoms with Crippen molar-refractivity contribution in [3.05, 3.63) is 84.4 Å². The van der Waals surface area contributed by atoms with Crippen LogP contribution in [0.1, 0.15) is 16.1 Å². The molecule has 0 aliphatic rings. The van der Waals surface area contributed by atoms with Crippen LogP contribution in [0.5, 0.6) is 5.88 Å². The lowest BCUT2D eigenvalue weighted by atomic mass is 10.1. The number of nitrogens with zero attached hydrogens (tertiary/aromatic N) is 5. The lowest BCUT2D eigenvalue weighted by Crippen LogP contribution is -2.06. The van der Waals surface area contributed by atoms with Crippen molar-refractivity contribution in [2.24, 2.45) is 0 Å². The van der Waals surface area contributed by atoms with Crippen LogP contribution >= 0.6 is 0 Å². The molecule has 4 aromatic heterocycles. The summed E-state index contributed by atoms with van der Waals surface area (Å²) in [4.78, 5) is 25.3. The summed E-state index contributed by atoms with van der Waals surface area (Å²) >= 11 is 0. The molecule has 4 heterocycles. The number of nitrogens with one attached hydrogen (secondary N) is 3. The molecule has 176 valence electrons. The number of Topliss-reactive ketones (excluding diaryl/α,β-unsaturated/α-hetero) is 1. The fraction of sp³-hybridized carbons (Fsp3) is 0.0769. The van der Waals surface area contributed by atoms with Gasteiger partial charge < -0.3 is 15.0 Å². The van der Waals surface area contributed by atoms with Crippen LogP contribution in [0.3, 0.4) is 0 Å². The third-order valence-electron chi connectivity index (χ3n) is 5.86. The Morgan fingerprint density at radius 1 is 1.00 bits per heavy atom. The second kappa shape index (κ2) is 8.91. The van der Waals surface area contributed by atoms with E-state index in [0.29, 0.717) is 28.8 Å². The van der Waals surface area contributed by atoms with E-state index in [4.69, 9.17) is 4.74 Å². The topological polar surface area (TPSA) is 134 Å². The van der Waals surface area contributed by atoms with Gasteiger partial charge in [-0.15, -0.1) is 5.10 Å². The molecular formula is C26H20N8O2. The van der Waals surface area contributed by atoms with Crippen molar-refractivity contribution < 1.29 is 9.53 Å². The number of hydrogen-bond acceptors (Lipinski definition) is 8. The number of anilines is 2. The van der Waals surface area contributed by atoms with Crippen molar-refractivity contribution in [2.45, 2.75) is 6.42 Å². The van der Waals surface area contributed by atoms with E-state index in [9.17, 15) is 4.79 Å². The maximum Gasteiger partial charge on any atom is 0.236 e. The molecule has 6 rings (SSSR count). The Bertz CT molecular complexity index is 1720. The first-order valence-corrected chi connectivity index (χ1v) is 11.2. The smallest absolute Gasteiger partial charge is 0.236 e. The third-order valence-corrected chi connectivity index (χ3v) is 5.86. The first kappa shape index (κ1) is 21.4. The molecule has 0 aliphatic carbocycles. The minimum Gasteiger partial charge on any atom is -0.480 e. The van der Waals surface area contributed by atoms with Gasteiger partial charge in [0.2, 0.25) is 5.88 Å². The van der Waals surface area contributed by atoms with Crippen LogP contribution in [-0.4, -0.2) is 48.2 Å². The van der Waals surface area contributed by atoms with Crippen LogP contribution in [0, 0.1) is 0 Å². The van der Waals surface area contributed by atoms with E-state index in [1.807, 2.05) is 48.5 Å². The number of benzene rings is 2. The van der Waals surface area contributed by atoms with Gasteiger partial charge in [-0.05, 0) is 42.5 Å². The highest BCUT2D eigenvalue weighted by Gasteiger charge is 2.15. The molecule has 6 aromatic rings. The second-order valence-corrected chi connectivity index (χ2v) is 8.21. The second-order valence-electron chi connectivity index (χ2n) is 8.21. The fourth-order valence-electron chi connectivity index (χ4n) is 4.07. The molecule has 10 nitrogen and oxygen atoms in total. The van der Waals surface area contributed by atoms with Gasteiger partial charge in [-0.1, -0.05) is 12.1 Å². The zero-order chi connectivity index (χ0) is 24.5. The average Bonchev–Trinajstić information content (AvgIpc) is 3.55. The van der Waals surface area contributed by atoms with Crippen molar-refractivity contribution in [3.63, 3.8) is 0 Å². The number of ether oxygens (including phenoxy) is 1. The quantitative estimate of drug-likeness (QED) is 0.287. The van der Waals surface area contributed by atoms with Crippen LogP contribution in [0.4, 0.5) is 11.5 Å². The summed E-state index contributed by atoms with van der Waals surface area (Å²) in [5.41, 5.74) is 4.71. The van der Waals surface area contributed by atoms with E-state index in [1.165, 1.54) is 7.11 Å². The predicted octanol–water partition coefficient (Wildman–Crippen LogP) is 4.47. The van der Waals surface area contributed by atoms with Gasteiger partial charge in [-0.25, -0.2) is 9.97 Å². The van der Waals surface area contributed by atoms with E-state index in [0.717, 1.165) is 33.1 Å². The Balaban J connectivity index is 1.25. The zero-order valence-corrected chi connectivity index (χ0v) is 19.2. The summed E-state index contributed by atoms with van der Waals surface area (Å²) in [6.45, 7) is 0. The summed E-state index contributed by atoms with van der Waals surface area (Å²) in [7, 11) is 1.51. The summed E-state index contributed by atoms with van der Waals surface area (Å²) in [6.07, 6.45) is 5.19. The Labute approximate surface area is 204 Å². The SMILES string of the molecule is COc1nnccc1CC(=O)c1cc2ccc(-c3nccc(Nc4ccc5[nH]ncc5c4)n3)cc2[nH]1. The number of aromatic amines is 2. The van der Waals surface area contributed by atoms with Crippen LogP contribution in [0.2, 0.25) is 0 Å². The van der Waals surface area contributed by atoms with Gasteiger partial charge in [0.1, 0.15) is 5.82 Å². The summed E-state index contributed by atoms with van der Waals surface area (Å²) in [5, 5.41) is 20.0. The highest BCUT2D eigenvalue weighted by Crippen LogP contribution is 2.26. The lowest BCUT2D eigenvalue weighted by Gasteiger charge is -2.07. The molecule has 0 radical (unpaired) electrons. The normalized spacial score (nSPS) is 11.1. The maximum atomic E-state index is 12.9. The molecular weight excluding hydrogens is 456 g/mol. The van der Waals surface area contributed by atoms with Gasteiger partial charge in [0.05, 0.1) is 30.7 Å². The van der Waals surface area contributed by atoms with Crippen LogP contribution in [0.15, 0.2) is 73.2 Å². The number of fused-ring (bicyclic) bond motifs is 2. The average molecular weight is 477 g/mol.